The van der Waals surface area contributed by atoms with E-state index in [0.717, 1.165) is 34.3 Å². The number of hydrogen-bond donors (Lipinski definition) is 1. The fourth-order valence-electron chi connectivity index (χ4n) is 2.88. The summed E-state index contributed by atoms with van der Waals surface area (Å²) in [7, 11) is 0. The first-order valence-electron chi connectivity index (χ1n) is 8.12. The van der Waals surface area contributed by atoms with Crippen molar-refractivity contribution in [3.8, 4) is 0 Å². The summed E-state index contributed by atoms with van der Waals surface area (Å²) < 4.78 is 0. The molecular formula is C19H22ClNOS. The van der Waals surface area contributed by atoms with E-state index in [2.05, 4.69) is 17.0 Å². The molecule has 0 saturated carbocycles. The van der Waals surface area contributed by atoms with Gasteiger partial charge in [-0.2, -0.15) is 0 Å². The molecule has 2 aromatic carbocycles. The summed E-state index contributed by atoms with van der Waals surface area (Å²) in [4.78, 5) is 3.27. The first-order chi connectivity index (χ1) is 11.2. The molecule has 23 heavy (non-hydrogen) atoms. The van der Waals surface area contributed by atoms with Crippen molar-refractivity contribution < 1.29 is 5.11 Å². The normalized spacial score (nSPS) is 17.1. The van der Waals surface area contributed by atoms with Crippen molar-refractivity contribution in [3.05, 3.63) is 64.7 Å². The van der Waals surface area contributed by atoms with Crippen LogP contribution in [-0.2, 0) is 5.75 Å². The van der Waals surface area contributed by atoms with Gasteiger partial charge in [-0.05, 0) is 36.1 Å². The van der Waals surface area contributed by atoms with Crippen molar-refractivity contribution in [2.75, 3.05) is 13.1 Å². The Balaban J connectivity index is 1.59. The number of likely N-dealkylation sites (tertiary alicyclic amines) is 1. The van der Waals surface area contributed by atoms with Crippen molar-refractivity contribution in [3.63, 3.8) is 0 Å². The molecular weight excluding hydrogens is 326 g/mol. The van der Waals surface area contributed by atoms with Crippen molar-refractivity contribution in [2.45, 2.75) is 36.1 Å². The molecule has 1 aliphatic rings. The largest absolute Gasteiger partial charge is 0.374 e. The van der Waals surface area contributed by atoms with Crippen LogP contribution in [0, 0.1) is 0 Å². The summed E-state index contributed by atoms with van der Waals surface area (Å²) in [6.45, 7) is 1.98. The van der Waals surface area contributed by atoms with Gasteiger partial charge in [-0.15, -0.1) is 11.8 Å². The van der Waals surface area contributed by atoms with Crippen LogP contribution in [-0.4, -0.2) is 23.1 Å². The van der Waals surface area contributed by atoms with Crippen molar-refractivity contribution in [2.24, 2.45) is 0 Å². The molecule has 1 fully saturated rings. The molecule has 1 heterocycles. The minimum atomic E-state index is -0.472. The lowest BCUT2D eigenvalue weighted by Gasteiger charge is -2.31. The van der Waals surface area contributed by atoms with Crippen LogP contribution in [0.25, 0.3) is 0 Å². The lowest BCUT2D eigenvalue weighted by atomic mass is 10.1. The zero-order valence-corrected chi connectivity index (χ0v) is 14.7. The molecule has 0 aromatic heterocycles. The van der Waals surface area contributed by atoms with Gasteiger partial charge in [-0.25, -0.2) is 0 Å². The first kappa shape index (κ1) is 16.8. The van der Waals surface area contributed by atoms with Crippen molar-refractivity contribution in [1.29, 1.82) is 0 Å². The van der Waals surface area contributed by atoms with Crippen LogP contribution in [0.15, 0.2) is 53.4 Å². The third-order valence-electron chi connectivity index (χ3n) is 4.25. The molecule has 0 bridgehead atoms. The molecule has 0 amide bonds. The van der Waals surface area contributed by atoms with Crippen LogP contribution < -0.4 is 0 Å². The van der Waals surface area contributed by atoms with Gasteiger partial charge in [0.2, 0.25) is 0 Å². The molecule has 2 nitrogen and oxygen atoms in total. The predicted octanol–water partition coefficient (Wildman–Crippen LogP) is 5.11. The lowest BCUT2D eigenvalue weighted by molar-refractivity contribution is -0.00983. The molecule has 1 N–H and O–H groups in total. The molecule has 122 valence electrons. The molecule has 1 saturated heterocycles. The minimum absolute atomic E-state index is 0.472. The highest BCUT2D eigenvalue weighted by Crippen LogP contribution is 2.30. The smallest absolute Gasteiger partial charge is 0.133 e. The van der Waals surface area contributed by atoms with Gasteiger partial charge in [0.25, 0.3) is 0 Å². The first-order valence-corrected chi connectivity index (χ1v) is 9.49. The summed E-state index contributed by atoms with van der Waals surface area (Å²) in [5.74, 6) is 0.879. The number of benzene rings is 2. The van der Waals surface area contributed by atoms with E-state index in [1.807, 2.05) is 36.4 Å². The maximum Gasteiger partial charge on any atom is 0.133 e. The van der Waals surface area contributed by atoms with E-state index in [0.29, 0.717) is 0 Å². The van der Waals surface area contributed by atoms with E-state index in [1.54, 1.807) is 11.8 Å². The Labute approximate surface area is 147 Å². The van der Waals surface area contributed by atoms with Gasteiger partial charge in [-0.3, -0.25) is 4.90 Å². The summed E-state index contributed by atoms with van der Waals surface area (Å²) in [5.41, 5.74) is 2.22. The second-order valence-electron chi connectivity index (χ2n) is 5.93. The number of aliphatic hydroxyl groups is 1. The molecule has 3 rings (SSSR count). The number of thioether (sulfide) groups is 1. The zero-order chi connectivity index (χ0) is 16.1. The fourth-order valence-corrected chi connectivity index (χ4v) is 4.08. The van der Waals surface area contributed by atoms with Gasteiger partial charge < -0.3 is 5.11 Å². The molecule has 4 heteroatoms. The van der Waals surface area contributed by atoms with E-state index in [4.69, 9.17) is 11.6 Å². The average Bonchev–Trinajstić information content (AvgIpc) is 2.62. The molecule has 0 aliphatic carbocycles. The fraction of sp³-hybridized carbons (Fsp3) is 0.368. The van der Waals surface area contributed by atoms with Crippen LogP contribution >= 0.6 is 23.4 Å². The Morgan fingerprint density at radius 1 is 1.00 bits per heavy atom. The van der Waals surface area contributed by atoms with Gasteiger partial charge in [0.15, 0.2) is 0 Å². The summed E-state index contributed by atoms with van der Waals surface area (Å²) in [6, 6.07) is 16.2. The number of rotatable bonds is 5. The highest BCUT2D eigenvalue weighted by Gasteiger charge is 2.19. The number of piperidine rings is 1. The van der Waals surface area contributed by atoms with Crippen LogP contribution in [0.4, 0.5) is 0 Å². The number of nitrogens with zero attached hydrogens (tertiary/aromatic N) is 1. The third kappa shape index (κ3) is 4.51. The quantitative estimate of drug-likeness (QED) is 0.760. The van der Waals surface area contributed by atoms with Gasteiger partial charge in [0.1, 0.15) is 6.23 Å². The van der Waals surface area contributed by atoms with Crippen LogP contribution in [0.5, 0.6) is 0 Å². The summed E-state index contributed by atoms with van der Waals surface area (Å²) in [6.07, 6.45) is 3.18. The number of halogens is 1. The molecule has 1 unspecified atom stereocenters. The molecule has 0 spiro atoms. The Hall–Kier alpha value is -1.00. The van der Waals surface area contributed by atoms with Crippen molar-refractivity contribution in [1.82, 2.24) is 4.90 Å². The van der Waals surface area contributed by atoms with Crippen molar-refractivity contribution >= 4 is 23.4 Å². The van der Waals surface area contributed by atoms with E-state index in [1.165, 1.54) is 24.8 Å². The molecule has 2 aromatic rings. The monoisotopic (exact) mass is 347 g/mol. The molecule has 0 radical (unpaired) electrons. The minimum Gasteiger partial charge on any atom is -0.374 e. The Bertz CT molecular complexity index is 626. The Morgan fingerprint density at radius 2 is 1.70 bits per heavy atom. The highest BCUT2D eigenvalue weighted by molar-refractivity contribution is 7.98. The van der Waals surface area contributed by atoms with E-state index in [9.17, 15) is 5.11 Å². The van der Waals surface area contributed by atoms with E-state index < -0.39 is 6.23 Å². The average molecular weight is 348 g/mol. The summed E-state index contributed by atoms with van der Waals surface area (Å²) >= 11 is 7.92. The Kier molecular flexibility index (Phi) is 6.01. The van der Waals surface area contributed by atoms with Crippen LogP contribution in [0.3, 0.4) is 0 Å². The Morgan fingerprint density at radius 3 is 2.39 bits per heavy atom. The second-order valence-corrected chi connectivity index (χ2v) is 7.36. The highest BCUT2D eigenvalue weighted by atomic mass is 35.5. The maximum atomic E-state index is 10.5. The van der Waals surface area contributed by atoms with Crippen LogP contribution in [0.2, 0.25) is 5.02 Å². The summed E-state index contributed by atoms with van der Waals surface area (Å²) in [5, 5.41) is 11.3. The number of aliphatic hydroxyl groups excluding tert-OH is 1. The predicted molar refractivity (Wildman–Crippen MR) is 97.8 cm³/mol. The second kappa shape index (κ2) is 8.20. The zero-order valence-electron chi connectivity index (χ0n) is 13.1. The maximum absolute atomic E-state index is 10.5. The molecule has 1 atom stereocenters. The third-order valence-corrected chi connectivity index (χ3v) is 5.83. The molecule has 1 aliphatic heterocycles. The van der Waals surface area contributed by atoms with Crippen LogP contribution in [0.1, 0.15) is 36.6 Å². The van der Waals surface area contributed by atoms with E-state index in [-0.39, 0.29) is 0 Å². The topological polar surface area (TPSA) is 23.5 Å². The van der Waals surface area contributed by atoms with E-state index >= 15 is 0 Å². The van der Waals surface area contributed by atoms with Gasteiger partial charge in [0.05, 0.1) is 5.02 Å². The lowest BCUT2D eigenvalue weighted by Crippen LogP contribution is -2.33. The van der Waals surface area contributed by atoms with Gasteiger partial charge >= 0.3 is 0 Å². The standard InChI is InChI=1S/C19H22ClNOS/c20-17-6-2-3-7-18(17)23-14-15-8-10-16(11-9-15)19(22)21-12-4-1-5-13-21/h2-3,6-11,19,22H,1,4-5,12-14H2. The SMILES string of the molecule is OC(c1ccc(CSc2ccccc2Cl)cc1)N1CCCCC1. The number of hydrogen-bond acceptors (Lipinski definition) is 3. The van der Waals surface area contributed by atoms with Gasteiger partial charge in [0, 0.05) is 23.7 Å². The van der Waals surface area contributed by atoms with Gasteiger partial charge in [-0.1, -0.05) is 54.4 Å².